The molecule has 0 saturated carbocycles. The summed E-state index contributed by atoms with van der Waals surface area (Å²) in [6, 6.07) is 27.1. The van der Waals surface area contributed by atoms with E-state index < -0.39 is 11.2 Å². The number of hydrogen-bond acceptors (Lipinski definition) is 10. The monoisotopic (exact) mass is 734 g/mol. The SMILES string of the molecule is COCOc1cc(-c2cc3[nH]c(=O)[nH]c(=O)c3cn2)c2ccccc2c1.COCOc1cc(-c2cc3nc(Cl)nc(Cl)c3cn2)c2ccccc2c1. The zero-order valence-corrected chi connectivity index (χ0v) is 29.2. The van der Waals surface area contributed by atoms with Crippen LogP contribution in [0.4, 0.5) is 0 Å². The predicted octanol–water partition coefficient (Wildman–Crippen LogP) is 7.55. The molecular weight excluding hydrogens is 707 g/mol. The van der Waals surface area contributed by atoms with Crippen molar-refractivity contribution in [2.45, 2.75) is 0 Å². The number of rotatable bonds is 8. The van der Waals surface area contributed by atoms with Crippen molar-refractivity contribution in [3.05, 3.63) is 129 Å². The van der Waals surface area contributed by atoms with E-state index in [1.54, 1.807) is 26.5 Å². The van der Waals surface area contributed by atoms with E-state index in [0.717, 1.165) is 38.4 Å². The molecule has 0 aliphatic heterocycles. The first-order chi connectivity index (χ1) is 25.3. The maximum Gasteiger partial charge on any atom is 0.326 e. The Morgan fingerprint density at radius 1 is 0.635 bits per heavy atom. The molecule has 4 aromatic carbocycles. The van der Waals surface area contributed by atoms with Crippen molar-refractivity contribution < 1.29 is 18.9 Å². The number of H-pyrrole nitrogens is 2. The molecule has 0 atom stereocenters. The normalized spacial score (nSPS) is 11.2. The van der Waals surface area contributed by atoms with Gasteiger partial charge >= 0.3 is 5.69 Å². The summed E-state index contributed by atoms with van der Waals surface area (Å²) >= 11 is 12.1. The van der Waals surface area contributed by atoms with E-state index in [1.807, 2.05) is 78.9 Å². The van der Waals surface area contributed by atoms with Gasteiger partial charge in [0.1, 0.15) is 16.7 Å². The average molecular weight is 736 g/mol. The molecule has 12 nitrogen and oxygen atoms in total. The minimum Gasteiger partial charge on any atom is -0.468 e. The summed E-state index contributed by atoms with van der Waals surface area (Å²) in [5.74, 6) is 1.34. The Labute approximate surface area is 304 Å². The summed E-state index contributed by atoms with van der Waals surface area (Å²) in [6.07, 6.45) is 3.11. The third kappa shape index (κ3) is 7.27. The minimum atomic E-state index is -0.554. The predicted molar refractivity (Wildman–Crippen MR) is 201 cm³/mol. The first kappa shape index (κ1) is 34.5. The minimum absolute atomic E-state index is 0.0988. The lowest BCUT2D eigenvalue weighted by Gasteiger charge is -2.11. The van der Waals surface area contributed by atoms with Crippen molar-refractivity contribution in [1.82, 2.24) is 29.9 Å². The Balaban J connectivity index is 0.000000162. The van der Waals surface area contributed by atoms with Gasteiger partial charge in [-0.3, -0.25) is 19.7 Å². The van der Waals surface area contributed by atoms with Gasteiger partial charge in [-0.1, -0.05) is 60.1 Å². The summed E-state index contributed by atoms with van der Waals surface area (Å²) in [6.45, 7) is 0.299. The number of halogens is 2. The molecule has 8 rings (SSSR count). The molecule has 4 heterocycles. The maximum atomic E-state index is 11.9. The van der Waals surface area contributed by atoms with Crippen molar-refractivity contribution in [3.8, 4) is 34.0 Å². The Morgan fingerprint density at radius 3 is 1.79 bits per heavy atom. The van der Waals surface area contributed by atoms with Crippen LogP contribution in [-0.4, -0.2) is 57.7 Å². The number of nitrogens with zero attached hydrogens (tertiary/aromatic N) is 4. The van der Waals surface area contributed by atoms with Gasteiger partial charge in [0, 0.05) is 37.7 Å². The van der Waals surface area contributed by atoms with Crippen LogP contribution in [0.15, 0.2) is 107 Å². The van der Waals surface area contributed by atoms with Crippen LogP contribution in [0, 0.1) is 0 Å². The van der Waals surface area contributed by atoms with Crippen molar-refractivity contribution in [2.75, 3.05) is 27.8 Å². The van der Waals surface area contributed by atoms with Crippen molar-refractivity contribution >= 4 is 66.6 Å². The summed E-state index contributed by atoms with van der Waals surface area (Å²) < 4.78 is 21.2. The molecule has 0 aliphatic carbocycles. The third-order valence-electron chi connectivity index (χ3n) is 8.04. The Bertz CT molecular complexity index is 2720. The third-order valence-corrected chi connectivity index (χ3v) is 8.50. The molecule has 0 unspecified atom stereocenters. The summed E-state index contributed by atoms with van der Waals surface area (Å²) in [7, 11) is 3.14. The maximum absolute atomic E-state index is 11.9. The molecule has 0 bridgehead atoms. The average Bonchev–Trinajstić information content (AvgIpc) is 3.15. The fraction of sp³-hybridized carbons (Fsp3) is 0.105. The van der Waals surface area contributed by atoms with Gasteiger partial charge in [-0.15, -0.1) is 0 Å². The summed E-state index contributed by atoms with van der Waals surface area (Å²) in [5, 5.41) is 5.41. The zero-order chi connectivity index (χ0) is 36.2. The number of methoxy groups -OCH3 is 2. The molecule has 0 saturated heterocycles. The number of hydrogen-bond donors (Lipinski definition) is 2. The van der Waals surface area contributed by atoms with Crippen LogP contribution in [0.25, 0.3) is 65.9 Å². The van der Waals surface area contributed by atoms with Crippen LogP contribution in [0.5, 0.6) is 11.5 Å². The van der Waals surface area contributed by atoms with Crippen molar-refractivity contribution in [2.24, 2.45) is 0 Å². The van der Waals surface area contributed by atoms with Gasteiger partial charge in [-0.25, -0.2) is 14.8 Å². The van der Waals surface area contributed by atoms with Gasteiger partial charge in [0.25, 0.3) is 5.56 Å². The molecule has 0 amide bonds. The van der Waals surface area contributed by atoms with E-state index in [-0.39, 0.29) is 24.0 Å². The van der Waals surface area contributed by atoms with E-state index in [4.69, 9.17) is 42.1 Å². The van der Waals surface area contributed by atoms with E-state index in [0.29, 0.717) is 39.0 Å². The molecule has 14 heteroatoms. The fourth-order valence-electron chi connectivity index (χ4n) is 5.73. The summed E-state index contributed by atoms with van der Waals surface area (Å²) in [5.41, 5.74) is 3.15. The van der Waals surface area contributed by atoms with Crippen LogP contribution in [0.1, 0.15) is 0 Å². The zero-order valence-electron chi connectivity index (χ0n) is 27.6. The van der Waals surface area contributed by atoms with Crippen molar-refractivity contribution in [1.29, 1.82) is 0 Å². The second kappa shape index (κ2) is 15.1. The molecule has 2 N–H and O–H groups in total. The van der Waals surface area contributed by atoms with E-state index in [2.05, 4.69) is 29.9 Å². The van der Waals surface area contributed by atoms with E-state index in [1.165, 1.54) is 6.20 Å². The number of aromatic amines is 2. The molecule has 0 spiro atoms. The number of benzene rings is 4. The van der Waals surface area contributed by atoms with Crippen LogP contribution in [-0.2, 0) is 9.47 Å². The topological polar surface area (TPSA) is 154 Å². The highest BCUT2D eigenvalue weighted by molar-refractivity contribution is 6.35. The lowest BCUT2D eigenvalue weighted by atomic mass is 10.0. The first-order valence-electron chi connectivity index (χ1n) is 15.7. The van der Waals surface area contributed by atoms with Crippen molar-refractivity contribution in [3.63, 3.8) is 0 Å². The van der Waals surface area contributed by atoms with Gasteiger partial charge in [0.15, 0.2) is 13.6 Å². The number of nitrogens with one attached hydrogen (secondary N) is 2. The smallest absolute Gasteiger partial charge is 0.326 e. The Morgan fingerprint density at radius 2 is 1.19 bits per heavy atom. The van der Waals surface area contributed by atoms with Gasteiger partial charge in [-0.2, -0.15) is 0 Å². The van der Waals surface area contributed by atoms with E-state index >= 15 is 0 Å². The van der Waals surface area contributed by atoms with Gasteiger partial charge in [0.05, 0.1) is 33.2 Å². The van der Waals surface area contributed by atoms with Gasteiger partial charge < -0.3 is 23.9 Å². The highest BCUT2D eigenvalue weighted by atomic mass is 35.5. The quantitative estimate of drug-likeness (QED) is 0.0909. The molecule has 4 aromatic heterocycles. The van der Waals surface area contributed by atoms with Crippen LogP contribution in [0.3, 0.4) is 0 Å². The molecule has 260 valence electrons. The molecule has 0 fully saturated rings. The Hall–Kier alpha value is -5.92. The first-order valence-corrected chi connectivity index (χ1v) is 16.5. The highest BCUT2D eigenvalue weighted by Gasteiger charge is 2.13. The largest absolute Gasteiger partial charge is 0.468 e. The second-order valence-corrected chi connectivity index (χ2v) is 12.1. The molecule has 8 aromatic rings. The lowest BCUT2D eigenvalue weighted by Crippen LogP contribution is -2.21. The molecular formula is C38H28Cl2N6O6. The van der Waals surface area contributed by atoms with Crippen LogP contribution in [0.2, 0.25) is 10.4 Å². The van der Waals surface area contributed by atoms with Crippen LogP contribution < -0.4 is 20.7 Å². The fourth-order valence-corrected chi connectivity index (χ4v) is 6.18. The Kier molecular flexibility index (Phi) is 10.0. The second-order valence-electron chi connectivity index (χ2n) is 11.4. The number of pyridine rings is 2. The lowest BCUT2D eigenvalue weighted by molar-refractivity contribution is 0.0511. The number of aromatic nitrogens is 6. The van der Waals surface area contributed by atoms with E-state index in [9.17, 15) is 9.59 Å². The number of fused-ring (bicyclic) bond motifs is 4. The van der Waals surface area contributed by atoms with Gasteiger partial charge in [-0.05, 0) is 69.5 Å². The van der Waals surface area contributed by atoms with Crippen LogP contribution >= 0.6 is 23.2 Å². The molecule has 0 radical (unpaired) electrons. The standard InChI is InChI=1S/C19H13Cl2N3O2.C19H15N3O4/c1-25-10-26-12-6-11-4-2-3-5-13(11)14(7-12)16-8-17-15(9-22-16)18(20)24-19(21)23-17;1-25-10-26-12-6-11-4-2-3-5-13(11)14(7-12)16-8-17-15(9-20-16)18(23)22-19(24)21-17/h2-9H,10H2,1H3;2-9H,10H2,1H3,(H2,21,22,23,24). The highest BCUT2D eigenvalue weighted by Crippen LogP contribution is 2.35. The van der Waals surface area contributed by atoms with Gasteiger partial charge in [0.2, 0.25) is 5.28 Å². The molecule has 52 heavy (non-hydrogen) atoms. The number of ether oxygens (including phenoxy) is 4. The molecule has 0 aliphatic rings. The summed E-state index contributed by atoms with van der Waals surface area (Å²) in [4.78, 5) is 45.4.